The number of hydrogen-bond donors (Lipinski definition) is 2. The van der Waals surface area contributed by atoms with Crippen LogP contribution < -0.4 is 10.6 Å². The van der Waals surface area contributed by atoms with Gasteiger partial charge in [0.25, 0.3) is 0 Å². The Hall–Kier alpha value is -0.0800. The Morgan fingerprint density at radius 3 is 2.71 bits per heavy atom. The largest absolute Gasteiger partial charge is 0.316 e. The van der Waals surface area contributed by atoms with Crippen molar-refractivity contribution < 1.29 is 0 Å². The molecule has 14 heavy (non-hydrogen) atoms. The molecule has 2 nitrogen and oxygen atoms in total. The Balaban J connectivity index is 1.63. The second kappa shape index (κ2) is 4.19. The van der Waals surface area contributed by atoms with Crippen LogP contribution in [0.15, 0.2) is 0 Å². The lowest BCUT2D eigenvalue weighted by Gasteiger charge is -2.18. The van der Waals surface area contributed by atoms with Crippen molar-refractivity contribution >= 4 is 0 Å². The van der Waals surface area contributed by atoms with Gasteiger partial charge in [0.15, 0.2) is 0 Å². The fourth-order valence-corrected chi connectivity index (χ4v) is 2.55. The van der Waals surface area contributed by atoms with E-state index in [1.54, 1.807) is 0 Å². The molecule has 1 heterocycles. The predicted octanol–water partition coefficient (Wildman–Crippen LogP) is 1.76. The zero-order valence-electron chi connectivity index (χ0n) is 9.60. The average Bonchev–Trinajstić information content (AvgIpc) is 2.86. The van der Waals surface area contributed by atoms with Crippen LogP contribution in [-0.2, 0) is 0 Å². The summed E-state index contributed by atoms with van der Waals surface area (Å²) in [6.07, 6.45) is 5.62. The summed E-state index contributed by atoms with van der Waals surface area (Å²) in [5.74, 6) is 0.864. The Labute approximate surface area is 87.8 Å². The monoisotopic (exact) mass is 196 g/mol. The van der Waals surface area contributed by atoms with Crippen LogP contribution in [0, 0.1) is 11.3 Å². The van der Waals surface area contributed by atoms with E-state index in [0.29, 0.717) is 5.41 Å². The molecule has 2 heteroatoms. The third-order valence-corrected chi connectivity index (χ3v) is 4.30. The minimum Gasteiger partial charge on any atom is -0.316 e. The van der Waals surface area contributed by atoms with Crippen molar-refractivity contribution in [3.8, 4) is 0 Å². The summed E-state index contributed by atoms with van der Waals surface area (Å²) in [6.45, 7) is 8.33. The van der Waals surface area contributed by atoms with Crippen molar-refractivity contribution in [2.75, 3.05) is 19.6 Å². The Kier molecular flexibility index (Phi) is 3.13. The molecule has 0 spiro atoms. The van der Waals surface area contributed by atoms with Gasteiger partial charge in [-0.05, 0) is 57.0 Å². The first-order valence-electron chi connectivity index (χ1n) is 6.20. The molecule has 2 fully saturated rings. The van der Waals surface area contributed by atoms with Gasteiger partial charge >= 0.3 is 0 Å². The highest BCUT2D eigenvalue weighted by Crippen LogP contribution is 2.47. The molecule has 2 rings (SSSR count). The van der Waals surface area contributed by atoms with Crippen LogP contribution in [-0.4, -0.2) is 25.7 Å². The van der Waals surface area contributed by atoms with E-state index in [4.69, 9.17) is 0 Å². The summed E-state index contributed by atoms with van der Waals surface area (Å²) >= 11 is 0. The molecular formula is C12H24N2. The summed E-state index contributed by atoms with van der Waals surface area (Å²) < 4.78 is 0. The van der Waals surface area contributed by atoms with Gasteiger partial charge in [-0.3, -0.25) is 0 Å². The van der Waals surface area contributed by atoms with Gasteiger partial charge in [-0.2, -0.15) is 0 Å². The maximum absolute atomic E-state index is 3.67. The molecule has 1 saturated carbocycles. The second-order valence-corrected chi connectivity index (χ2v) is 5.28. The van der Waals surface area contributed by atoms with Crippen LogP contribution in [0.5, 0.6) is 0 Å². The molecule has 1 aliphatic heterocycles. The van der Waals surface area contributed by atoms with Crippen LogP contribution in [0.25, 0.3) is 0 Å². The summed E-state index contributed by atoms with van der Waals surface area (Å²) in [7, 11) is 0. The maximum Gasteiger partial charge on any atom is 0.00795 e. The predicted molar refractivity (Wildman–Crippen MR) is 60.4 cm³/mol. The lowest BCUT2D eigenvalue weighted by Crippen LogP contribution is -2.33. The van der Waals surface area contributed by atoms with Crippen LogP contribution in [0.1, 0.15) is 39.5 Å². The topological polar surface area (TPSA) is 24.1 Å². The molecule has 1 saturated heterocycles. The molecule has 0 aromatic heterocycles. The first-order chi connectivity index (χ1) is 6.76. The molecule has 82 valence electrons. The van der Waals surface area contributed by atoms with Gasteiger partial charge in [0.05, 0.1) is 0 Å². The molecule has 2 unspecified atom stereocenters. The van der Waals surface area contributed by atoms with Crippen LogP contribution in [0.2, 0.25) is 0 Å². The van der Waals surface area contributed by atoms with Gasteiger partial charge in [0.2, 0.25) is 0 Å². The molecule has 0 aromatic rings. The molecule has 2 aliphatic rings. The molecule has 1 aliphatic carbocycles. The standard InChI is InChI=1S/C12H24N2/c1-3-12(5-6-12)9-13-8-11-4-7-14-10(11)2/h10-11,13-14H,3-9H2,1-2H3. The third-order valence-electron chi connectivity index (χ3n) is 4.30. The first-order valence-corrected chi connectivity index (χ1v) is 6.20. The van der Waals surface area contributed by atoms with Gasteiger partial charge in [-0.1, -0.05) is 6.92 Å². The number of rotatable bonds is 5. The molecule has 0 amide bonds. The van der Waals surface area contributed by atoms with E-state index in [0.717, 1.165) is 12.0 Å². The zero-order chi connectivity index (χ0) is 10.0. The fraction of sp³-hybridized carbons (Fsp3) is 1.00. The van der Waals surface area contributed by atoms with E-state index >= 15 is 0 Å². The number of hydrogen-bond acceptors (Lipinski definition) is 2. The van der Waals surface area contributed by atoms with E-state index < -0.39 is 0 Å². The van der Waals surface area contributed by atoms with Crippen molar-refractivity contribution in [2.24, 2.45) is 11.3 Å². The number of nitrogens with one attached hydrogen (secondary N) is 2. The van der Waals surface area contributed by atoms with E-state index in [-0.39, 0.29) is 0 Å². The molecular weight excluding hydrogens is 172 g/mol. The summed E-state index contributed by atoms with van der Waals surface area (Å²) in [5.41, 5.74) is 0.704. The van der Waals surface area contributed by atoms with Crippen molar-refractivity contribution in [2.45, 2.75) is 45.6 Å². The van der Waals surface area contributed by atoms with Crippen molar-refractivity contribution in [1.29, 1.82) is 0 Å². The molecule has 2 atom stereocenters. The summed E-state index contributed by atoms with van der Waals surface area (Å²) in [6, 6.07) is 0.722. The van der Waals surface area contributed by atoms with Gasteiger partial charge in [0.1, 0.15) is 0 Å². The minimum atomic E-state index is 0.704. The van der Waals surface area contributed by atoms with Crippen LogP contribution in [0.3, 0.4) is 0 Å². The molecule has 0 aromatic carbocycles. The SMILES string of the molecule is CCC1(CNCC2CCNC2C)CC1. The Morgan fingerprint density at radius 2 is 2.21 bits per heavy atom. The van der Waals surface area contributed by atoms with E-state index in [9.17, 15) is 0 Å². The lowest BCUT2D eigenvalue weighted by atomic mass is 10.0. The molecule has 0 bridgehead atoms. The quantitative estimate of drug-likeness (QED) is 0.700. The van der Waals surface area contributed by atoms with Gasteiger partial charge in [-0.15, -0.1) is 0 Å². The lowest BCUT2D eigenvalue weighted by molar-refractivity contribution is 0.388. The highest BCUT2D eigenvalue weighted by Gasteiger charge is 2.40. The van der Waals surface area contributed by atoms with Gasteiger partial charge < -0.3 is 10.6 Å². The van der Waals surface area contributed by atoms with Crippen molar-refractivity contribution in [1.82, 2.24) is 10.6 Å². The minimum absolute atomic E-state index is 0.704. The third kappa shape index (κ3) is 2.29. The summed E-state index contributed by atoms with van der Waals surface area (Å²) in [5, 5.41) is 7.18. The van der Waals surface area contributed by atoms with Crippen molar-refractivity contribution in [3.63, 3.8) is 0 Å². The Bertz CT molecular complexity index is 187. The summed E-state index contributed by atoms with van der Waals surface area (Å²) in [4.78, 5) is 0. The highest BCUT2D eigenvalue weighted by atomic mass is 15.0. The second-order valence-electron chi connectivity index (χ2n) is 5.28. The van der Waals surface area contributed by atoms with Crippen LogP contribution in [0.4, 0.5) is 0 Å². The fourth-order valence-electron chi connectivity index (χ4n) is 2.55. The maximum atomic E-state index is 3.67. The van der Waals surface area contributed by atoms with E-state index in [1.165, 1.54) is 45.3 Å². The normalized spacial score (nSPS) is 34.7. The zero-order valence-corrected chi connectivity index (χ0v) is 9.60. The smallest absolute Gasteiger partial charge is 0.00795 e. The van der Waals surface area contributed by atoms with E-state index in [1.807, 2.05) is 0 Å². The van der Waals surface area contributed by atoms with Gasteiger partial charge in [-0.25, -0.2) is 0 Å². The van der Waals surface area contributed by atoms with E-state index in [2.05, 4.69) is 24.5 Å². The highest BCUT2D eigenvalue weighted by molar-refractivity contribution is 4.94. The van der Waals surface area contributed by atoms with Crippen molar-refractivity contribution in [3.05, 3.63) is 0 Å². The molecule has 0 radical (unpaired) electrons. The Morgan fingerprint density at radius 1 is 1.43 bits per heavy atom. The van der Waals surface area contributed by atoms with Gasteiger partial charge in [0, 0.05) is 12.6 Å². The average molecular weight is 196 g/mol. The first kappa shape index (κ1) is 10.4. The molecule has 2 N–H and O–H groups in total. The van der Waals surface area contributed by atoms with Crippen LogP contribution >= 0.6 is 0 Å².